The molecule has 0 saturated heterocycles. The number of hydrazine groups is 1. The van der Waals surface area contributed by atoms with Gasteiger partial charge in [0.25, 0.3) is 5.91 Å². The van der Waals surface area contributed by atoms with Crippen LogP contribution in [0, 0.1) is 0 Å². The van der Waals surface area contributed by atoms with Crippen LogP contribution in [0.5, 0.6) is 0 Å². The molecule has 0 aliphatic carbocycles. The smallest absolute Gasteiger partial charge is 0.339 e. The van der Waals surface area contributed by atoms with Crippen molar-refractivity contribution in [3.05, 3.63) is 94.9 Å². The van der Waals surface area contributed by atoms with E-state index in [-0.39, 0.29) is 5.76 Å². The van der Waals surface area contributed by atoms with Crippen molar-refractivity contribution in [3.8, 4) is 0 Å². The molecule has 2 aromatic carbocycles. The van der Waals surface area contributed by atoms with Gasteiger partial charge in [0.05, 0.1) is 11.8 Å². The van der Waals surface area contributed by atoms with Crippen LogP contribution >= 0.6 is 0 Å². The van der Waals surface area contributed by atoms with Crippen LogP contribution in [0.2, 0.25) is 0 Å². The quantitative estimate of drug-likeness (QED) is 0.541. The van der Waals surface area contributed by atoms with Crippen molar-refractivity contribution < 1.29 is 23.5 Å². The van der Waals surface area contributed by atoms with E-state index >= 15 is 0 Å². The van der Waals surface area contributed by atoms with Crippen LogP contribution in [0.25, 0.3) is 0 Å². The number of hydrogen-bond donors (Lipinski definition) is 2. The Morgan fingerprint density at radius 1 is 0.929 bits per heavy atom. The van der Waals surface area contributed by atoms with Gasteiger partial charge in [0.15, 0.2) is 5.76 Å². The lowest BCUT2D eigenvalue weighted by Gasteiger charge is -2.25. The summed E-state index contributed by atoms with van der Waals surface area (Å²) in [5.74, 6) is -1.41. The number of cyclic esters (lactones) is 1. The van der Waals surface area contributed by atoms with Gasteiger partial charge < -0.3 is 9.15 Å². The van der Waals surface area contributed by atoms with E-state index in [0.717, 1.165) is 11.1 Å². The number of carbonyl (C=O) groups is 3. The van der Waals surface area contributed by atoms with Crippen molar-refractivity contribution >= 4 is 17.8 Å². The molecule has 0 bridgehead atoms. The molecule has 140 valence electrons. The van der Waals surface area contributed by atoms with Crippen LogP contribution in [0.15, 0.2) is 71.3 Å². The standard InChI is InChI=1S/C21H16N2O5/c24-19(22-23-20(25)17-7-4-10-27-17)14-8-9-16-15(11-14)12-18(28-21(16)26)13-5-2-1-3-6-13/h1-11,18H,12H2,(H,22,24)(H,23,25)/t18-/m1/s1. The summed E-state index contributed by atoms with van der Waals surface area (Å²) in [4.78, 5) is 36.5. The Hall–Kier alpha value is -3.87. The molecule has 0 saturated carbocycles. The zero-order chi connectivity index (χ0) is 19.5. The molecule has 0 spiro atoms. The fourth-order valence-corrected chi connectivity index (χ4v) is 3.05. The van der Waals surface area contributed by atoms with Crippen LogP contribution in [-0.4, -0.2) is 17.8 Å². The van der Waals surface area contributed by atoms with Crippen LogP contribution in [0.1, 0.15) is 48.5 Å². The van der Waals surface area contributed by atoms with Gasteiger partial charge in [-0.05, 0) is 41.5 Å². The molecule has 7 nitrogen and oxygen atoms in total. The SMILES string of the molecule is O=C(NNC(=O)c1ccco1)c1ccc2c(c1)C[C@H](c1ccccc1)OC2=O. The summed E-state index contributed by atoms with van der Waals surface area (Å²) in [6, 6.07) is 17.2. The maximum atomic E-state index is 12.4. The Balaban J connectivity index is 1.49. The molecule has 0 fully saturated rings. The Morgan fingerprint density at radius 3 is 2.46 bits per heavy atom. The van der Waals surface area contributed by atoms with Crippen molar-refractivity contribution in [2.75, 3.05) is 0 Å². The predicted octanol–water partition coefficient (Wildman–Crippen LogP) is 2.81. The van der Waals surface area contributed by atoms with Gasteiger partial charge in [0.1, 0.15) is 6.10 Å². The number of benzene rings is 2. The van der Waals surface area contributed by atoms with E-state index < -0.39 is 23.9 Å². The molecule has 0 radical (unpaired) electrons. The lowest BCUT2D eigenvalue weighted by molar-refractivity contribution is 0.0252. The molecule has 7 heteroatoms. The highest BCUT2D eigenvalue weighted by molar-refractivity contribution is 5.99. The van der Waals surface area contributed by atoms with Crippen molar-refractivity contribution in [3.63, 3.8) is 0 Å². The van der Waals surface area contributed by atoms with Gasteiger partial charge in [-0.3, -0.25) is 20.4 Å². The second-order valence-corrected chi connectivity index (χ2v) is 6.27. The second-order valence-electron chi connectivity index (χ2n) is 6.27. The van der Waals surface area contributed by atoms with Crippen molar-refractivity contribution in [2.45, 2.75) is 12.5 Å². The first-order valence-electron chi connectivity index (χ1n) is 8.65. The molecule has 3 aromatic rings. The highest BCUT2D eigenvalue weighted by Gasteiger charge is 2.28. The Labute approximate surface area is 160 Å². The molecule has 2 amide bonds. The van der Waals surface area contributed by atoms with E-state index in [4.69, 9.17) is 9.15 Å². The fourth-order valence-electron chi connectivity index (χ4n) is 3.05. The molecule has 1 aromatic heterocycles. The summed E-state index contributed by atoms with van der Waals surface area (Å²) >= 11 is 0. The summed E-state index contributed by atoms with van der Waals surface area (Å²) in [6.07, 6.45) is 1.42. The van der Waals surface area contributed by atoms with E-state index in [0.29, 0.717) is 17.5 Å². The zero-order valence-corrected chi connectivity index (χ0v) is 14.7. The number of carbonyl (C=O) groups excluding carboxylic acids is 3. The van der Waals surface area contributed by atoms with Gasteiger partial charge in [-0.15, -0.1) is 0 Å². The monoisotopic (exact) mass is 376 g/mol. The number of amides is 2. The predicted molar refractivity (Wildman–Crippen MR) is 98.4 cm³/mol. The number of furan rings is 1. The first kappa shape index (κ1) is 17.5. The molecule has 2 heterocycles. The normalized spacial score (nSPS) is 15.3. The average molecular weight is 376 g/mol. The van der Waals surface area contributed by atoms with Gasteiger partial charge in [-0.2, -0.15) is 0 Å². The van der Waals surface area contributed by atoms with Gasteiger partial charge in [0, 0.05) is 12.0 Å². The van der Waals surface area contributed by atoms with Gasteiger partial charge in [0.2, 0.25) is 0 Å². The van der Waals surface area contributed by atoms with Gasteiger partial charge in [-0.1, -0.05) is 30.3 Å². The Bertz CT molecular complexity index is 1030. The van der Waals surface area contributed by atoms with E-state index in [1.54, 1.807) is 18.2 Å². The molecule has 1 atom stereocenters. The van der Waals surface area contributed by atoms with Crippen LogP contribution < -0.4 is 10.9 Å². The number of esters is 1. The lowest BCUT2D eigenvalue weighted by atomic mass is 9.93. The van der Waals surface area contributed by atoms with Gasteiger partial charge >= 0.3 is 11.9 Å². The third-order valence-electron chi connectivity index (χ3n) is 4.45. The molecule has 1 aliphatic heterocycles. The van der Waals surface area contributed by atoms with Crippen LogP contribution in [-0.2, 0) is 11.2 Å². The Kier molecular flexibility index (Phi) is 4.63. The lowest BCUT2D eigenvalue weighted by Crippen LogP contribution is -2.41. The number of hydrogen-bond acceptors (Lipinski definition) is 5. The molecule has 0 unspecified atom stereocenters. The van der Waals surface area contributed by atoms with E-state index in [1.807, 2.05) is 30.3 Å². The zero-order valence-electron chi connectivity index (χ0n) is 14.7. The summed E-state index contributed by atoms with van der Waals surface area (Å²) in [6.45, 7) is 0. The average Bonchev–Trinajstić information content (AvgIpc) is 3.27. The largest absolute Gasteiger partial charge is 0.459 e. The molecule has 1 aliphatic rings. The third-order valence-corrected chi connectivity index (χ3v) is 4.45. The highest BCUT2D eigenvalue weighted by Crippen LogP contribution is 2.30. The fraction of sp³-hybridized carbons (Fsp3) is 0.0952. The minimum absolute atomic E-state index is 0.0826. The minimum Gasteiger partial charge on any atom is -0.459 e. The first-order valence-corrected chi connectivity index (χ1v) is 8.65. The van der Waals surface area contributed by atoms with Gasteiger partial charge in [-0.25, -0.2) is 4.79 Å². The van der Waals surface area contributed by atoms with Crippen LogP contribution in [0.4, 0.5) is 0 Å². The summed E-state index contributed by atoms with van der Waals surface area (Å²) < 4.78 is 10.5. The van der Waals surface area contributed by atoms with Crippen molar-refractivity contribution in [1.82, 2.24) is 10.9 Å². The maximum absolute atomic E-state index is 12.4. The molecule has 2 N–H and O–H groups in total. The van der Waals surface area contributed by atoms with E-state index in [1.165, 1.54) is 18.4 Å². The van der Waals surface area contributed by atoms with Crippen molar-refractivity contribution in [1.29, 1.82) is 0 Å². The molecule has 28 heavy (non-hydrogen) atoms. The minimum atomic E-state index is -0.566. The highest BCUT2D eigenvalue weighted by atomic mass is 16.5. The summed E-state index contributed by atoms with van der Waals surface area (Å²) in [7, 11) is 0. The molecule has 4 rings (SSSR count). The number of ether oxygens (including phenoxy) is 1. The molecular weight excluding hydrogens is 360 g/mol. The number of nitrogens with one attached hydrogen (secondary N) is 2. The second kappa shape index (κ2) is 7.40. The number of rotatable bonds is 3. The topological polar surface area (TPSA) is 97.6 Å². The summed E-state index contributed by atoms with van der Waals surface area (Å²) in [5, 5.41) is 0. The third kappa shape index (κ3) is 3.50. The van der Waals surface area contributed by atoms with Crippen molar-refractivity contribution in [2.24, 2.45) is 0 Å². The van der Waals surface area contributed by atoms with E-state index in [9.17, 15) is 14.4 Å². The Morgan fingerprint density at radius 2 is 1.71 bits per heavy atom. The molecular formula is C21H16N2O5. The first-order chi connectivity index (χ1) is 13.6. The number of fused-ring (bicyclic) bond motifs is 1. The van der Waals surface area contributed by atoms with Crippen LogP contribution in [0.3, 0.4) is 0 Å². The van der Waals surface area contributed by atoms with E-state index in [2.05, 4.69) is 10.9 Å². The maximum Gasteiger partial charge on any atom is 0.339 e. The summed E-state index contributed by atoms with van der Waals surface area (Å²) in [5.41, 5.74) is 6.98.